The second kappa shape index (κ2) is 9.70. The Labute approximate surface area is 208 Å². The molecule has 4 aromatic rings. The number of nitrogens with zero attached hydrogens (tertiary/aromatic N) is 4. The molecule has 2 aromatic heterocycles. The lowest BCUT2D eigenvalue weighted by molar-refractivity contribution is -0.126. The summed E-state index contributed by atoms with van der Waals surface area (Å²) >= 11 is 0. The highest BCUT2D eigenvalue weighted by Gasteiger charge is 2.33. The first-order chi connectivity index (χ1) is 17.5. The van der Waals surface area contributed by atoms with Crippen molar-refractivity contribution in [3.8, 4) is 40.3 Å². The third-order valence-corrected chi connectivity index (χ3v) is 6.31. The first-order valence-electron chi connectivity index (χ1n) is 11.7. The second-order valence-corrected chi connectivity index (χ2v) is 8.48. The van der Waals surface area contributed by atoms with Crippen LogP contribution in [0.5, 0.6) is 17.2 Å². The van der Waals surface area contributed by atoms with Crippen molar-refractivity contribution < 1.29 is 18.7 Å². The predicted molar refractivity (Wildman–Crippen MR) is 133 cm³/mol. The predicted octanol–water partition coefficient (Wildman–Crippen LogP) is 5.33. The van der Waals surface area contributed by atoms with Crippen molar-refractivity contribution in [3.63, 3.8) is 0 Å². The molecule has 182 valence electrons. The van der Waals surface area contributed by atoms with Gasteiger partial charge in [-0.1, -0.05) is 12.0 Å². The van der Waals surface area contributed by atoms with Gasteiger partial charge in [-0.05, 0) is 69.0 Å². The van der Waals surface area contributed by atoms with E-state index in [2.05, 4.69) is 16.8 Å². The number of carbonyl (C=O) groups excluding carboxylic acids is 1. The molecule has 1 amide bonds. The summed E-state index contributed by atoms with van der Waals surface area (Å²) in [4.78, 5) is 23.9. The van der Waals surface area contributed by atoms with Crippen LogP contribution in [0, 0.1) is 24.6 Å². The number of rotatable bonds is 5. The number of aromatic nitrogens is 3. The van der Waals surface area contributed by atoms with Crippen molar-refractivity contribution in [1.29, 1.82) is 0 Å². The molecule has 7 nitrogen and oxygen atoms in total. The third-order valence-electron chi connectivity index (χ3n) is 6.31. The van der Waals surface area contributed by atoms with E-state index in [9.17, 15) is 9.18 Å². The van der Waals surface area contributed by atoms with E-state index in [1.54, 1.807) is 42.3 Å². The van der Waals surface area contributed by atoms with Gasteiger partial charge in [0.05, 0.1) is 30.1 Å². The fourth-order valence-electron chi connectivity index (χ4n) is 4.65. The Morgan fingerprint density at radius 2 is 1.94 bits per heavy atom. The van der Waals surface area contributed by atoms with Gasteiger partial charge in [0.15, 0.2) is 11.5 Å². The highest BCUT2D eigenvalue weighted by molar-refractivity contribution is 5.94. The highest BCUT2D eigenvalue weighted by Crippen LogP contribution is 2.37. The maximum Gasteiger partial charge on any atom is 0.299 e. The van der Waals surface area contributed by atoms with Gasteiger partial charge in [-0.25, -0.2) is 4.98 Å². The van der Waals surface area contributed by atoms with Crippen LogP contribution in [-0.4, -0.2) is 38.8 Å². The summed E-state index contributed by atoms with van der Waals surface area (Å²) in [7, 11) is 1.41. The van der Waals surface area contributed by atoms with E-state index < -0.39 is 5.82 Å². The van der Waals surface area contributed by atoms with Crippen molar-refractivity contribution in [2.24, 2.45) is 0 Å². The smallest absolute Gasteiger partial charge is 0.299 e. The van der Waals surface area contributed by atoms with E-state index in [0.29, 0.717) is 12.3 Å². The molecule has 1 atom stereocenters. The summed E-state index contributed by atoms with van der Waals surface area (Å²) in [5.74, 6) is 6.09. The van der Waals surface area contributed by atoms with Gasteiger partial charge in [-0.3, -0.25) is 14.2 Å². The van der Waals surface area contributed by atoms with Crippen LogP contribution in [-0.2, 0) is 4.79 Å². The number of likely N-dealkylation sites (tertiary alicyclic amines) is 1. The average Bonchev–Trinajstić information content (AvgIpc) is 3.52. The minimum atomic E-state index is -0.557. The molecule has 0 saturated carbocycles. The third kappa shape index (κ3) is 4.13. The minimum Gasteiger partial charge on any atom is -0.494 e. The van der Waals surface area contributed by atoms with E-state index in [1.807, 2.05) is 29.7 Å². The van der Waals surface area contributed by atoms with Crippen molar-refractivity contribution in [2.75, 3.05) is 13.7 Å². The lowest BCUT2D eigenvalue weighted by Gasteiger charge is -2.21. The fourth-order valence-corrected chi connectivity index (χ4v) is 4.65. The van der Waals surface area contributed by atoms with Crippen LogP contribution < -0.4 is 9.47 Å². The lowest BCUT2D eigenvalue weighted by Crippen LogP contribution is -2.30. The summed E-state index contributed by atoms with van der Waals surface area (Å²) in [6.07, 6.45) is 5.33. The molecular formula is C28H25FN4O3. The summed E-state index contributed by atoms with van der Waals surface area (Å²) in [6, 6.07) is 11.9. The second-order valence-electron chi connectivity index (χ2n) is 8.48. The lowest BCUT2D eigenvalue weighted by atomic mass is 10.1. The van der Waals surface area contributed by atoms with Crippen molar-refractivity contribution in [2.45, 2.75) is 32.7 Å². The molecule has 36 heavy (non-hydrogen) atoms. The number of halogens is 1. The number of fused-ring (bicyclic) bond motifs is 1. The molecule has 8 heteroatoms. The fraction of sp³-hybridized carbons (Fsp3) is 0.250. The van der Waals surface area contributed by atoms with Crippen LogP contribution in [0.3, 0.4) is 0 Å². The van der Waals surface area contributed by atoms with Gasteiger partial charge < -0.3 is 14.4 Å². The summed E-state index contributed by atoms with van der Waals surface area (Å²) in [6.45, 7) is 4.25. The number of carbonyl (C=O) groups is 1. The van der Waals surface area contributed by atoms with Gasteiger partial charge >= 0.3 is 0 Å². The number of amides is 1. The van der Waals surface area contributed by atoms with Gasteiger partial charge in [0.2, 0.25) is 5.82 Å². The molecule has 0 spiro atoms. The molecule has 1 aliphatic rings. The topological polar surface area (TPSA) is 69.0 Å². The Kier molecular flexibility index (Phi) is 6.30. The van der Waals surface area contributed by atoms with Gasteiger partial charge in [0.1, 0.15) is 11.6 Å². The molecule has 0 radical (unpaired) electrons. The molecule has 0 aliphatic carbocycles. The van der Waals surface area contributed by atoms with Gasteiger partial charge in [-0.2, -0.15) is 4.39 Å². The van der Waals surface area contributed by atoms with Crippen molar-refractivity contribution in [1.82, 2.24) is 19.3 Å². The highest BCUT2D eigenvalue weighted by atomic mass is 19.1. The van der Waals surface area contributed by atoms with Crippen molar-refractivity contribution >= 4 is 11.4 Å². The SMILES string of the molecule is CC#CC(=O)N1CCC[C@H]1c1nc(-c2ccc(Oc3cccc(OC)c3F)cc2)c2c(C)nccn12. The largest absolute Gasteiger partial charge is 0.494 e. The quantitative estimate of drug-likeness (QED) is 0.358. The zero-order valence-electron chi connectivity index (χ0n) is 20.3. The zero-order valence-corrected chi connectivity index (χ0v) is 20.3. The summed E-state index contributed by atoms with van der Waals surface area (Å²) in [5.41, 5.74) is 3.32. The van der Waals surface area contributed by atoms with Crippen LogP contribution in [0.25, 0.3) is 16.8 Å². The Morgan fingerprint density at radius 3 is 2.69 bits per heavy atom. The van der Waals surface area contributed by atoms with E-state index in [4.69, 9.17) is 14.5 Å². The van der Waals surface area contributed by atoms with Crippen LogP contribution in [0.2, 0.25) is 0 Å². The van der Waals surface area contributed by atoms with E-state index >= 15 is 0 Å². The molecule has 0 bridgehead atoms. The van der Waals surface area contributed by atoms with E-state index in [0.717, 1.165) is 41.1 Å². The number of hydrogen-bond acceptors (Lipinski definition) is 5. The molecule has 2 aromatic carbocycles. The van der Waals surface area contributed by atoms with Crippen molar-refractivity contribution in [3.05, 3.63) is 72.2 Å². The molecule has 3 heterocycles. The monoisotopic (exact) mass is 484 g/mol. The van der Waals surface area contributed by atoms with Crippen LogP contribution in [0.15, 0.2) is 54.9 Å². The molecular weight excluding hydrogens is 459 g/mol. The number of hydrogen-bond donors (Lipinski definition) is 0. The first kappa shape index (κ1) is 23.4. The molecule has 1 aliphatic heterocycles. The number of aryl methyl sites for hydroxylation is 1. The molecule has 5 rings (SSSR count). The average molecular weight is 485 g/mol. The summed E-state index contributed by atoms with van der Waals surface area (Å²) in [5, 5.41) is 0. The van der Waals surface area contributed by atoms with Crippen LogP contribution in [0.1, 0.15) is 37.3 Å². The molecule has 0 unspecified atom stereocenters. The van der Waals surface area contributed by atoms with Gasteiger partial charge in [0.25, 0.3) is 5.91 Å². The van der Waals surface area contributed by atoms with Gasteiger partial charge in [-0.15, -0.1) is 0 Å². The number of benzene rings is 2. The Bertz CT molecular complexity index is 1500. The first-order valence-corrected chi connectivity index (χ1v) is 11.7. The van der Waals surface area contributed by atoms with E-state index in [1.165, 1.54) is 13.2 Å². The molecule has 0 N–H and O–H groups in total. The maximum atomic E-state index is 14.5. The zero-order chi connectivity index (χ0) is 25.2. The maximum absolute atomic E-state index is 14.5. The van der Waals surface area contributed by atoms with Crippen LogP contribution >= 0.6 is 0 Å². The number of methoxy groups -OCH3 is 1. The Hall–Kier alpha value is -4.38. The molecule has 1 fully saturated rings. The summed E-state index contributed by atoms with van der Waals surface area (Å²) < 4.78 is 27.3. The van der Waals surface area contributed by atoms with E-state index in [-0.39, 0.29) is 23.4 Å². The van der Waals surface area contributed by atoms with Gasteiger partial charge in [0, 0.05) is 24.5 Å². The standard InChI is InChI=1S/C28H25FN4O3/c1-4-7-24(34)32-16-6-8-21(32)28-31-26(27-18(2)30-15-17-33(27)28)19-11-13-20(14-12-19)36-23-10-5-9-22(35-3)25(23)29/h5,9-15,17,21H,6,8,16H2,1-3H3/t21-/m0/s1. The Balaban J connectivity index is 1.52. The Morgan fingerprint density at radius 1 is 1.17 bits per heavy atom. The normalized spacial score (nSPS) is 15.0. The van der Waals surface area contributed by atoms with Crippen LogP contribution in [0.4, 0.5) is 4.39 Å². The minimum absolute atomic E-state index is 0.0815. The number of ether oxygens (including phenoxy) is 2. The number of imidazole rings is 1. The molecule has 1 saturated heterocycles.